The van der Waals surface area contributed by atoms with Crippen molar-refractivity contribution in [2.45, 2.75) is 19.5 Å². The van der Waals surface area contributed by atoms with Crippen LogP contribution in [0.1, 0.15) is 16.9 Å². The molecule has 2 aromatic rings. The maximum atomic E-state index is 11.9. The number of carbonyl (C=O) groups excluding carboxylic acids is 1. The number of rotatable bonds is 4. The minimum atomic E-state index is -0.143. The second kappa shape index (κ2) is 5.13. The molecule has 0 fully saturated rings. The lowest BCUT2D eigenvalue weighted by Gasteiger charge is -2.14. The van der Waals surface area contributed by atoms with Crippen LogP contribution in [0.3, 0.4) is 0 Å². The van der Waals surface area contributed by atoms with E-state index in [1.165, 1.54) is 0 Å². The van der Waals surface area contributed by atoms with Crippen LogP contribution in [0.25, 0.3) is 0 Å². The molecule has 0 bridgehead atoms. The van der Waals surface area contributed by atoms with Crippen LogP contribution < -0.4 is 10.6 Å². The largest absolute Gasteiger partial charge is 0.356 e. The van der Waals surface area contributed by atoms with Crippen molar-refractivity contribution in [3.05, 3.63) is 30.4 Å². The Hall–Kier alpha value is -2.31. The molecule has 3 heterocycles. The highest BCUT2D eigenvalue weighted by Gasteiger charge is 2.15. The predicted molar refractivity (Wildman–Crippen MR) is 69.9 cm³/mol. The van der Waals surface area contributed by atoms with E-state index in [1.807, 2.05) is 16.8 Å². The Morgan fingerprint density at radius 3 is 3.26 bits per heavy atom. The maximum absolute atomic E-state index is 11.9. The fourth-order valence-electron chi connectivity index (χ4n) is 2.09. The smallest absolute Gasteiger partial charge is 0.271 e. The molecule has 0 spiro atoms. The van der Waals surface area contributed by atoms with E-state index in [0.29, 0.717) is 18.8 Å². The zero-order valence-electron chi connectivity index (χ0n) is 10.5. The summed E-state index contributed by atoms with van der Waals surface area (Å²) in [5, 5.41) is 10.1. The highest BCUT2D eigenvalue weighted by atomic mass is 16.1. The minimum absolute atomic E-state index is 0.143. The van der Waals surface area contributed by atoms with Gasteiger partial charge in [0.1, 0.15) is 5.69 Å². The average Bonchev–Trinajstić information content (AvgIpc) is 3.07. The molecule has 100 valence electrons. The Kier molecular flexibility index (Phi) is 3.18. The summed E-state index contributed by atoms with van der Waals surface area (Å²) in [4.78, 5) is 16.2. The van der Waals surface area contributed by atoms with Gasteiger partial charge in [0.05, 0.1) is 6.54 Å². The number of hydrogen-bond acceptors (Lipinski definition) is 4. The van der Waals surface area contributed by atoms with Gasteiger partial charge < -0.3 is 15.2 Å². The molecule has 0 aromatic carbocycles. The van der Waals surface area contributed by atoms with E-state index in [4.69, 9.17) is 0 Å². The van der Waals surface area contributed by atoms with Crippen LogP contribution in [0.5, 0.6) is 0 Å². The van der Waals surface area contributed by atoms with Gasteiger partial charge in [-0.1, -0.05) is 0 Å². The van der Waals surface area contributed by atoms with Crippen LogP contribution in [-0.2, 0) is 13.1 Å². The Morgan fingerprint density at radius 2 is 2.47 bits per heavy atom. The van der Waals surface area contributed by atoms with E-state index in [9.17, 15) is 4.79 Å². The standard InChI is InChI=1S/C12H16N6O/c19-11(13-5-8-18-7-2-4-15-18)10-9-17-6-1-3-14-12(17)16-10/h2,4,7,9H,1,3,5-6,8H2,(H,13,19)(H,14,16). The molecule has 0 unspecified atom stereocenters. The van der Waals surface area contributed by atoms with Crippen molar-refractivity contribution in [2.24, 2.45) is 0 Å². The average molecular weight is 260 g/mol. The van der Waals surface area contributed by atoms with Crippen LogP contribution in [0, 0.1) is 0 Å². The molecular formula is C12H16N6O. The van der Waals surface area contributed by atoms with Gasteiger partial charge in [0.2, 0.25) is 5.95 Å². The number of anilines is 1. The van der Waals surface area contributed by atoms with Crippen LogP contribution in [-0.4, -0.2) is 38.3 Å². The predicted octanol–water partition coefficient (Wildman–Crippen LogP) is 0.325. The van der Waals surface area contributed by atoms with Gasteiger partial charge in [0.25, 0.3) is 5.91 Å². The molecule has 0 atom stereocenters. The topological polar surface area (TPSA) is 76.8 Å². The Labute approximate surface area is 110 Å². The van der Waals surface area contributed by atoms with Crippen molar-refractivity contribution < 1.29 is 4.79 Å². The lowest BCUT2D eigenvalue weighted by Crippen LogP contribution is -2.27. The molecule has 0 saturated carbocycles. The van der Waals surface area contributed by atoms with Gasteiger partial charge in [0, 0.05) is 38.2 Å². The first-order chi connectivity index (χ1) is 9.33. The number of nitrogens with zero attached hydrogens (tertiary/aromatic N) is 4. The van der Waals surface area contributed by atoms with E-state index in [-0.39, 0.29) is 5.91 Å². The molecule has 19 heavy (non-hydrogen) atoms. The first-order valence-electron chi connectivity index (χ1n) is 6.39. The number of aryl methyl sites for hydroxylation is 1. The summed E-state index contributed by atoms with van der Waals surface area (Å²) >= 11 is 0. The lowest BCUT2D eigenvalue weighted by atomic mass is 10.4. The minimum Gasteiger partial charge on any atom is -0.356 e. The number of fused-ring (bicyclic) bond motifs is 1. The third-order valence-electron chi connectivity index (χ3n) is 3.05. The second-order valence-corrected chi connectivity index (χ2v) is 4.45. The molecule has 1 aliphatic heterocycles. The first kappa shape index (κ1) is 11.8. The monoisotopic (exact) mass is 260 g/mol. The Balaban J connectivity index is 1.56. The fraction of sp³-hybridized carbons (Fsp3) is 0.417. The third-order valence-corrected chi connectivity index (χ3v) is 3.05. The lowest BCUT2D eigenvalue weighted by molar-refractivity contribution is 0.0947. The van der Waals surface area contributed by atoms with Gasteiger partial charge in [-0.3, -0.25) is 9.48 Å². The van der Waals surface area contributed by atoms with E-state index < -0.39 is 0 Å². The van der Waals surface area contributed by atoms with Gasteiger partial charge in [-0.25, -0.2) is 4.98 Å². The summed E-state index contributed by atoms with van der Waals surface area (Å²) < 4.78 is 3.76. The maximum Gasteiger partial charge on any atom is 0.271 e. The SMILES string of the molecule is O=C(NCCn1cccn1)c1cn2c(n1)NCCC2. The molecule has 2 aromatic heterocycles. The van der Waals surface area contributed by atoms with Crippen molar-refractivity contribution in [1.29, 1.82) is 0 Å². The number of nitrogens with one attached hydrogen (secondary N) is 2. The van der Waals surface area contributed by atoms with Gasteiger partial charge in [0.15, 0.2) is 0 Å². The molecule has 0 radical (unpaired) electrons. The Morgan fingerprint density at radius 1 is 1.53 bits per heavy atom. The number of aromatic nitrogens is 4. The molecule has 2 N–H and O–H groups in total. The van der Waals surface area contributed by atoms with Crippen LogP contribution >= 0.6 is 0 Å². The van der Waals surface area contributed by atoms with Crippen LogP contribution in [0.15, 0.2) is 24.7 Å². The molecule has 3 rings (SSSR count). The van der Waals surface area contributed by atoms with Crippen molar-refractivity contribution in [3.63, 3.8) is 0 Å². The summed E-state index contributed by atoms with van der Waals surface area (Å²) in [6.07, 6.45) is 6.44. The van der Waals surface area contributed by atoms with Crippen molar-refractivity contribution >= 4 is 11.9 Å². The molecule has 0 saturated heterocycles. The van der Waals surface area contributed by atoms with Crippen molar-refractivity contribution in [2.75, 3.05) is 18.4 Å². The molecule has 1 aliphatic rings. The van der Waals surface area contributed by atoms with Crippen molar-refractivity contribution in [1.82, 2.24) is 24.6 Å². The van der Waals surface area contributed by atoms with Crippen LogP contribution in [0.2, 0.25) is 0 Å². The summed E-state index contributed by atoms with van der Waals surface area (Å²) in [7, 11) is 0. The molecule has 0 aliphatic carbocycles. The number of carbonyl (C=O) groups is 1. The third kappa shape index (κ3) is 2.59. The zero-order valence-corrected chi connectivity index (χ0v) is 10.5. The molecule has 1 amide bonds. The van der Waals surface area contributed by atoms with Crippen LogP contribution in [0.4, 0.5) is 5.95 Å². The zero-order chi connectivity index (χ0) is 13.1. The quantitative estimate of drug-likeness (QED) is 0.830. The highest BCUT2D eigenvalue weighted by Crippen LogP contribution is 2.13. The highest BCUT2D eigenvalue weighted by molar-refractivity contribution is 5.92. The molecular weight excluding hydrogens is 244 g/mol. The summed E-state index contributed by atoms with van der Waals surface area (Å²) in [5.41, 5.74) is 0.463. The van der Waals surface area contributed by atoms with E-state index in [2.05, 4.69) is 20.7 Å². The summed E-state index contributed by atoms with van der Waals surface area (Å²) in [5.74, 6) is 0.638. The number of imidazole rings is 1. The molecule has 7 nitrogen and oxygen atoms in total. The van der Waals surface area contributed by atoms with Gasteiger partial charge >= 0.3 is 0 Å². The fourth-order valence-corrected chi connectivity index (χ4v) is 2.09. The Bertz CT molecular complexity index is 535. The van der Waals surface area contributed by atoms with Crippen molar-refractivity contribution in [3.8, 4) is 0 Å². The molecule has 7 heteroatoms. The van der Waals surface area contributed by atoms with E-state index in [0.717, 1.165) is 25.5 Å². The summed E-state index contributed by atoms with van der Waals surface area (Å²) in [6, 6.07) is 1.86. The second-order valence-electron chi connectivity index (χ2n) is 4.45. The van der Waals surface area contributed by atoms with Gasteiger partial charge in [-0.2, -0.15) is 5.10 Å². The van der Waals surface area contributed by atoms with Gasteiger partial charge in [-0.15, -0.1) is 0 Å². The number of amides is 1. The van der Waals surface area contributed by atoms with E-state index in [1.54, 1.807) is 17.1 Å². The van der Waals surface area contributed by atoms with E-state index >= 15 is 0 Å². The summed E-state index contributed by atoms with van der Waals surface area (Å²) in [6.45, 7) is 3.02. The first-order valence-corrected chi connectivity index (χ1v) is 6.39. The normalized spacial score (nSPS) is 13.7. The number of hydrogen-bond donors (Lipinski definition) is 2. The van der Waals surface area contributed by atoms with Gasteiger partial charge in [-0.05, 0) is 12.5 Å².